The Balaban J connectivity index is 2.03. The Hall–Kier alpha value is -2.09. The fourth-order valence-corrected chi connectivity index (χ4v) is 3.01. The molecule has 1 saturated heterocycles. The number of nitrogens with one attached hydrogen (secondary N) is 1. The van der Waals surface area contributed by atoms with Crippen molar-refractivity contribution in [2.45, 2.75) is 52.2 Å². The van der Waals surface area contributed by atoms with Crippen LogP contribution in [0.25, 0.3) is 0 Å². The molecule has 1 aromatic rings. The molecule has 0 aliphatic carbocycles. The Bertz CT molecular complexity index is 667. The lowest BCUT2D eigenvalue weighted by Gasteiger charge is -2.33. The van der Waals surface area contributed by atoms with E-state index in [1.54, 1.807) is 6.92 Å². The Labute approximate surface area is 151 Å². The molecule has 0 aromatic carbocycles. The highest BCUT2D eigenvalue weighted by atomic mass is 35.5. The molecule has 0 bridgehead atoms. The minimum atomic E-state index is -0.548. The zero-order valence-electron chi connectivity index (χ0n) is 14.8. The maximum absolute atomic E-state index is 11.8. The molecule has 0 unspecified atom stereocenters. The third-order valence-electron chi connectivity index (χ3n) is 3.83. The summed E-state index contributed by atoms with van der Waals surface area (Å²) in [6.07, 6.45) is 0.835. The lowest BCUT2D eigenvalue weighted by atomic mass is 10.0. The second-order valence-corrected chi connectivity index (χ2v) is 7.49. The van der Waals surface area contributed by atoms with Gasteiger partial charge in [0.15, 0.2) is 0 Å². The summed E-state index contributed by atoms with van der Waals surface area (Å²) < 4.78 is 5.25. The topological polar surface area (TPSA) is 97.6 Å². The van der Waals surface area contributed by atoms with E-state index in [2.05, 4.69) is 10.3 Å². The normalized spacial score (nSPS) is 15.8. The Kier molecular flexibility index (Phi) is 5.72. The number of rotatable bonds is 3. The molecule has 1 amide bonds. The summed E-state index contributed by atoms with van der Waals surface area (Å²) in [6.45, 7) is 8.14. The van der Waals surface area contributed by atoms with Crippen LogP contribution in [0.4, 0.5) is 16.3 Å². The SMILES string of the molecule is Cc1cc(Cl)nc(N2CCC(NC(=O)OC(C)(C)C)CC2)c1[N+](=O)[O-]. The summed E-state index contributed by atoms with van der Waals surface area (Å²) in [4.78, 5) is 28.8. The summed E-state index contributed by atoms with van der Waals surface area (Å²) in [5.41, 5.74) is -0.0925. The van der Waals surface area contributed by atoms with Crippen LogP contribution < -0.4 is 10.2 Å². The zero-order chi connectivity index (χ0) is 18.8. The number of carbonyl (C=O) groups excluding carboxylic acids is 1. The van der Waals surface area contributed by atoms with Gasteiger partial charge in [0.2, 0.25) is 5.82 Å². The number of aryl methyl sites for hydroxylation is 1. The fourth-order valence-electron chi connectivity index (χ4n) is 2.77. The minimum Gasteiger partial charge on any atom is -0.444 e. The first-order valence-electron chi connectivity index (χ1n) is 8.13. The zero-order valence-corrected chi connectivity index (χ0v) is 15.6. The largest absolute Gasteiger partial charge is 0.444 e. The average molecular weight is 371 g/mol. The van der Waals surface area contributed by atoms with E-state index in [0.29, 0.717) is 31.5 Å². The van der Waals surface area contributed by atoms with Crippen molar-refractivity contribution < 1.29 is 14.5 Å². The standard InChI is InChI=1S/C16H23ClN4O4/c1-10-9-12(17)19-14(13(10)21(23)24)20-7-5-11(6-8-20)18-15(22)25-16(2,3)4/h9,11H,5-8H2,1-4H3,(H,18,22). The van der Waals surface area contributed by atoms with Crippen LogP contribution in [0, 0.1) is 17.0 Å². The fraction of sp³-hybridized carbons (Fsp3) is 0.625. The molecular weight excluding hydrogens is 348 g/mol. The number of alkyl carbamates (subject to hydrolysis) is 1. The van der Waals surface area contributed by atoms with Crippen LogP contribution in [0.5, 0.6) is 0 Å². The van der Waals surface area contributed by atoms with Crippen LogP contribution in [0.2, 0.25) is 5.15 Å². The highest BCUT2D eigenvalue weighted by Crippen LogP contribution is 2.33. The summed E-state index contributed by atoms with van der Waals surface area (Å²) >= 11 is 5.97. The molecular formula is C16H23ClN4O4. The van der Waals surface area contributed by atoms with Gasteiger partial charge in [0, 0.05) is 24.7 Å². The van der Waals surface area contributed by atoms with Crippen molar-refractivity contribution >= 4 is 29.2 Å². The first-order chi connectivity index (χ1) is 11.6. The molecule has 25 heavy (non-hydrogen) atoms. The van der Waals surface area contributed by atoms with Gasteiger partial charge in [-0.1, -0.05) is 11.6 Å². The number of hydrogen-bond acceptors (Lipinski definition) is 6. The number of anilines is 1. The molecule has 138 valence electrons. The van der Waals surface area contributed by atoms with E-state index in [9.17, 15) is 14.9 Å². The Morgan fingerprint density at radius 2 is 2.04 bits per heavy atom. The van der Waals surface area contributed by atoms with Gasteiger partial charge in [-0.2, -0.15) is 0 Å². The highest BCUT2D eigenvalue weighted by molar-refractivity contribution is 6.29. The van der Waals surface area contributed by atoms with Gasteiger partial charge in [-0.05, 0) is 46.6 Å². The molecule has 0 radical (unpaired) electrons. The van der Waals surface area contributed by atoms with Gasteiger partial charge in [0.1, 0.15) is 10.8 Å². The van der Waals surface area contributed by atoms with E-state index in [0.717, 1.165) is 0 Å². The molecule has 2 heterocycles. The van der Waals surface area contributed by atoms with Crippen LogP contribution in [0.3, 0.4) is 0 Å². The van der Waals surface area contributed by atoms with Crippen molar-refractivity contribution in [2.75, 3.05) is 18.0 Å². The second kappa shape index (κ2) is 7.43. The number of pyridine rings is 1. The van der Waals surface area contributed by atoms with Crippen molar-refractivity contribution in [3.8, 4) is 0 Å². The van der Waals surface area contributed by atoms with Crippen LogP contribution in [-0.4, -0.2) is 40.7 Å². The molecule has 2 rings (SSSR count). The molecule has 1 fully saturated rings. The van der Waals surface area contributed by atoms with Gasteiger partial charge in [0.05, 0.1) is 4.92 Å². The minimum absolute atomic E-state index is 0.0250. The maximum Gasteiger partial charge on any atom is 0.407 e. The summed E-state index contributed by atoms with van der Waals surface area (Å²) in [5, 5.41) is 14.4. The van der Waals surface area contributed by atoms with E-state index in [4.69, 9.17) is 16.3 Å². The van der Waals surface area contributed by atoms with E-state index in [1.807, 2.05) is 25.7 Å². The monoisotopic (exact) mass is 370 g/mol. The third kappa shape index (κ3) is 5.19. The first kappa shape index (κ1) is 19.2. The summed E-state index contributed by atoms with van der Waals surface area (Å²) in [7, 11) is 0. The molecule has 1 aromatic heterocycles. The van der Waals surface area contributed by atoms with Crippen LogP contribution in [0.1, 0.15) is 39.2 Å². The lowest BCUT2D eigenvalue weighted by Crippen LogP contribution is -2.46. The van der Waals surface area contributed by atoms with E-state index in [1.165, 1.54) is 6.07 Å². The van der Waals surface area contributed by atoms with E-state index >= 15 is 0 Å². The van der Waals surface area contributed by atoms with Crippen molar-refractivity contribution in [2.24, 2.45) is 0 Å². The highest BCUT2D eigenvalue weighted by Gasteiger charge is 2.29. The molecule has 0 spiro atoms. The molecule has 8 nitrogen and oxygen atoms in total. The molecule has 0 atom stereocenters. The van der Waals surface area contributed by atoms with Gasteiger partial charge in [0.25, 0.3) is 0 Å². The van der Waals surface area contributed by atoms with Crippen LogP contribution >= 0.6 is 11.6 Å². The number of ether oxygens (including phenoxy) is 1. The predicted octanol–water partition coefficient (Wildman–Crippen LogP) is 3.45. The number of hydrogen-bond donors (Lipinski definition) is 1. The Morgan fingerprint density at radius 1 is 1.44 bits per heavy atom. The van der Waals surface area contributed by atoms with Crippen molar-refractivity contribution in [3.05, 3.63) is 26.9 Å². The van der Waals surface area contributed by atoms with E-state index in [-0.39, 0.29) is 22.7 Å². The predicted molar refractivity (Wildman–Crippen MR) is 95.2 cm³/mol. The number of nitro groups is 1. The smallest absolute Gasteiger partial charge is 0.407 e. The number of nitrogens with zero attached hydrogens (tertiary/aromatic N) is 3. The molecule has 9 heteroatoms. The molecule has 1 N–H and O–H groups in total. The van der Waals surface area contributed by atoms with Crippen molar-refractivity contribution in [3.63, 3.8) is 0 Å². The maximum atomic E-state index is 11.8. The van der Waals surface area contributed by atoms with Crippen LogP contribution in [0.15, 0.2) is 6.07 Å². The van der Waals surface area contributed by atoms with E-state index < -0.39 is 16.6 Å². The van der Waals surface area contributed by atoms with Gasteiger partial charge in [-0.3, -0.25) is 10.1 Å². The molecule has 1 aliphatic rings. The number of aromatic nitrogens is 1. The molecule has 0 saturated carbocycles. The summed E-state index contributed by atoms with van der Waals surface area (Å²) in [5.74, 6) is 0.283. The first-order valence-corrected chi connectivity index (χ1v) is 8.50. The lowest BCUT2D eigenvalue weighted by molar-refractivity contribution is -0.384. The van der Waals surface area contributed by atoms with Gasteiger partial charge >= 0.3 is 11.8 Å². The molecule has 1 aliphatic heterocycles. The number of amides is 1. The number of piperidine rings is 1. The average Bonchev–Trinajstić information content (AvgIpc) is 2.44. The van der Waals surface area contributed by atoms with Gasteiger partial charge < -0.3 is 15.0 Å². The third-order valence-corrected chi connectivity index (χ3v) is 4.03. The van der Waals surface area contributed by atoms with Gasteiger partial charge in [-0.15, -0.1) is 0 Å². The quantitative estimate of drug-likeness (QED) is 0.497. The number of halogens is 1. The summed E-state index contributed by atoms with van der Waals surface area (Å²) in [6, 6.07) is 1.45. The van der Waals surface area contributed by atoms with Gasteiger partial charge in [-0.25, -0.2) is 9.78 Å². The Morgan fingerprint density at radius 3 is 2.56 bits per heavy atom. The van der Waals surface area contributed by atoms with Crippen molar-refractivity contribution in [1.29, 1.82) is 0 Å². The number of carbonyl (C=O) groups is 1. The second-order valence-electron chi connectivity index (χ2n) is 7.10. The van der Waals surface area contributed by atoms with Crippen LogP contribution in [-0.2, 0) is 4.74 Å². The van der Waals surface area contributed by atoms with Crippen molar-refractivity contribution in [1.82, 2.24) is 10.3 Å².